The molecule has 9 heteroatoms. The first-order chi connectivity index (χ1) is 13.4. The van der Waals surface area contributed by atoms with Crippen LogP contribution in [-0.2, 0) is 9.47 Å². The molecule has 1 aliphatic rings. The third-order valence-electron chi connectivity index (χ3n) is 3.77. The zero-order valence-electron chi connectivity index (χ0n) is 18.2. The van der Waals surface area contributed by atoms with E-state index in [1.165, 1.54) is 7.11 Å². The molecule has 1 aromatic heterocycles. The quantitative estimate of drug-likeness (QED) is 0.813. The Morgan fingerprint density at radius 3 is 2.24 bits per heavy atom. The van der Waals surface area contributed by atoms with Gasteiger partial charge in [-0.2, -0.15) is 0 Å². The third kappa shape index (κ3) is 6.92. The number of anilines is 1. The van der Waals surface area contributed by atoms with Crippen molar-refractivity contribution in [1.29, 1.82) is 0 Å². The van der Waals surface area contributed by atoms with E-state index in [1.807, 2.05) is 26.8 Å². The Bertz CT molecular complexity index is 793. The average molecular weight is 406 g/mol. The van der Waals surface area contributed by atoms with Crippen LogP contribution in [0, 0.1) is 0 Å². The number of hydrogen-bond donors (Lipinski definition) is 1. The fourth-order valence-electron chi connectivity index (χ4n) is 2.60. The van der Waals surface area contributed by atoms with Crippen LogP contribution in [0.5, 0.6) is 5.75 Å². The van der Waals surface area contributed by atoms with Gasteiger partial charge in [0.15, 0.2) is 5.82 Å². The molecule has 0 bridgehead atoms. The molecular weight excluding hydrogens is 376 g/mol. The highest BCUT2D eigenvalue weighted by Gasteiger charge is 2.25. The van der Waals surface area contributed by atoms with Crippen molar-refractivity contribution in [2.24, 2.45) is 0 Å². The fraction of sp³-hybridized carbons (Fsp3) is 0.600. The van der Waals surface area contributed by atoms with E-state index in [9.17, 15) is 9.59 Å². The molecule has 0 aliphatic carbocycles. The Morgan fingerprint density at radius 1 is 1.07 bits per heavy atom. The van der Waals surface area contributed by atoms with Crippen LogP contribution in [0.2, 0.25) is 0 Å². The molecule has 0 fully saturated rings. The van der Waals surface area contributed by atoms with E-state index in [0.29, 0.717) is 31.0 Å². The van der Waals surface area contributed by atoms with E-state index >= 15 is 0 Å². The Morgan fingerprint density at radius 2 is 1.72 bits per heavy atom. The predicted octanol–water partition coefficient (Wildman–Crippen LogP) is 3.86. The first-order valence-electron chi connectivity index (χ1n) is 9.47. The molecule has 0 saturated carbocycles. The van der Waals surface area contributed by atoms with Crippen molar-refractivity contribution in [3.63, 3.8) is 0 Å². The standard InChI is InChI=1S/C20H30N4O5/c1-19(2,3)28-17(25)21-15-12-14(27-7)16(23-22-15)13-8-10-24(11-9-13)18(26)29-20(4,5)6/h8,12H,9-11H2,1-7H3,(H,21,22,25). The maximum absolute atomic E-state index is 12.2. The lowest BCUT2D eigenvalue weighted by molar-refractivity contribution is 0.0270. The number of rotatable bonds is 3. The van der Waals surface area contributed by atoms with Crippen molar-refractivity contribution in [1.82, 2.24) is 15.1 Å². The minimum atomic E-state index is -0.619. The maximum Gasteiger partial charge on any atom is 0.413 e. The molecule has 0 unspecified atom stereocenters. The van der Waals surface area contributed by atoms with Gasteiger partial charge in [-0.25, -0.2) is 9.59 Å². The van der Waals surface area contributed by atoms with Crippen LogP contribution in [0.15, 0.2) is 12.1 Å². The van der Waals surface area contributed by atoms with Gasteiger partial charge in [0.2, 0.25) is 0 Å². The van der Waals surface area contributed by atoms with Gasteiger partial charge in [-0.15, -0.1) is 10.2 Å². The van der Waals surface area contributed by atoms with Gasteiger partial charge in [-0.05, 0) is 53.5 Å². The van der Waals surface area contributed by atoms with Gasteiger partial charge >= 0.3 is 12.2 Å². The van der Waals surface area contributed by atoms with Crippen LogP contribution in [0.3, 0.4) is 0 Å². The zero-order valence-corrected chi connectivity index (χ0v) is 18.2. The van der Waals surface area contributed by atoms with Gasteiger partial charge in [0.25, 0.3) is 0 Å². The highest BCUT2D eigenvalue weighted by molar-refractivity contribution is 5.84. The Labute approximate surface area is 171 Å². The van der Waals surface area contributed by atoms with Crippen molar-refractivity contribution in [2.45, 2.75) is 59.2 Å². The number of nitrogens with one attached hydrogen (secondary N) is 1. The number of hydrogen-bond acceptors (Lipinski definition) is 7. The Kier molecular flexibility index (Phi) is 6.71. The van der Waals surface area contributed by atoms with E-state index in [1.54, 1.807) is 31.7 Å². The predicted molar refractivity (Wildman–Crippen MR) is 109 cm³/mol. The minimum Gasteiger partial charge on any atom is -0.494 e. The molecule has 2 heterocycles. The number of methoxy groups -OCH3 is 1. The van der Waals surface area contributed by atoms with Crippen molar-refractivity contribution in [3.8, 4) is 5.75 Å². The number of carbonyl (C=O) groups excluding carboxylic acids is 2. The summed E-state index contributed by atoms with van der Waals surface area (Å²) in [5.74, 6) is 0.703. The van der Waals surface area contributed by atoms with Crippen molar-refractivity contribution >= 4 is 23.6 Å². The van der Waals surface area contributed by atoms with Crippen LogP contribution in [0.4, 0.5) is 15.4 Å². The second-order valence-electron chi connectivity index (χ2n) is 8.68. The topological polar surface area (TPSA) is 103 Å². The molecule has 1 N–H and O–H groups in total. The molecule has 160 valence electrons. The summed E-state index contributed by atoms with van der Waals surface area (Å²) >= 11 is 0. The van der Waals surface area contributed by atoms with Crippen LogP contribution < -0.4 is 10.1 Å². The second-order valence-corrected chi connectivity index (χ2v) is 8.68. The lowest BCUT2D eigenvalue weighted by Crippen LogP contribution is -2.39. The zero-order chi connectivity index (χ0) is 21.8. The third-order valence-corrected chi connectivity index (χ3v) is 3.77. The summed E-state index contributed by atoms with van der Waals surface area (Å²) in [6.45, 7) is 11.8. The molecule has 1 aromatic rings. The summed E-state index contributed by atoms with van der Waals surface area (Å²) in [6.07, 6.45) is 1.53. The number of ether oxygens (including phenoxy) is 3. The van der Waals surface area contributed by atoms with E-state index in [4.69, 9.17) is 14.2 Å². The summed E-state index contributed by atoms with van der Waals surface area (Å²) in [5.41, 5.74) is 0.338. The monoisotopic (exact) mass is 406 g/mol. The van der Waals surface area contributed by atoms with E-state index < -0.39 is 17.3 Å². The van der Waals surface area contributed by atoms with Gasteiger partial charge in [0.1, 0.15) is 22.6 Å². The Balaban J connectivity index is 2.09. The van der Waals surface area contributed by atoms with Gasteiger partial charge in [0, 0.05) is 19.2 Å². The molecule has 29 heavy (non-hydrogen) atoms. The van der Waals surface area contributed by atoms with Crippen molar-refractivity contribution in [3.05, 3.63) is 17.8 Å². The molecule has 0 aromatic carbocycles. The fourth-order valence-corrected chi connectivity index (χ4v) is 2.60. The summed E-state index contributed by atoms with van der Waals surface area (Å²) in [7, 11) is 1.52. The minimum absolute atomic E-state index is 0.228. The average Bonchev–Trinajstić information content (AvgIpc) is 2.58. The number of carbonyl (C=O) groups is 2. The number of aromatic nitrogens is 2. The first kappa shape index (κ1) is 22.4. The highest BCUT2D eigenvalue weighted by Crippen LogP contribution is 2.30. The summed E-state index contributed by atoms with van der Waals surface area (Å²) < 4.78 is 16.0. The van der Waals surface area contributed by atoms with E-state index in [2.05, 4.69) is 15.5 Å². The van der Waals surface area contributed by atoms with Crippen molar-refractivity contribution in [2.75, 3.05) is 25.5 Å². The lowest BCUT2D eigenvalue weighted by Gasteiger charge is -2.29. The molecule has 0 spiro atoms. The normalized spacial score (nSPS) is 14.7. The molecule has 2 rings (SSSR count). The second kappa shape index (κ2) is 8.67. The van der Waals surface area contributed by atoms with Crippen LogP contribution >= 0.6 is 0 Å². The lowest BCUT2D eigenvalue weighted by atomic mass is 10.0. The van der Waals surface area contributed by atoms with Gasteiger partial charge in [0.05, 0.1) is 7.11 Å². The van der Waals surface area contributed by atoms with Gasteiger partial charge < -0.3 is 19.1 Å². The molecular formula is C20H30N4O5. The number of nitrogens with zero attached hydrogens (tertiary/aromatic N) is 3. The van der Waals surface area contributed by atoms with Gasteiger partial charge in [-0.3, -0.25) is 5.32 Å². The molecule has 9 nitrogen and oxygen atoms in total. The van der Waals surface area contributed by atoms with E-state index in [0.717, 1.165) is 5.57 Å². The summed E-state index contributed by atoms with van der Waals surface area (Å²) in [6, 6.07) is 1.59. The molecule has 0 radical (unpaired) electrons. The molecule has 1 aliphatic heterocycles. The maximum atomic E-state index is 12.2. The smallest absolute Gasteiger partial charge is 0.413 e. The molecule has 0 saturated heterocycles. The van der Waals surface area contributed by atoms with E-state index in [-0.39, 0.29) is 11.9 Å². The van der Waals surface area contributed by atoms with Crippen molar-refractivity contribution < 1.29 is 23.8 Å². The largest absolute Gasteiger partial charge is 0.494 e. The Hall–Kier alpha value is -2.84. The van der Waals surface area contributed by atoms with Crippen LogP contribution in [0.1, 0.15) is 53.7 Å². The summed E-state index contributed by atoms with van der Waals surface area (Å²) in [4.78, 5) is 25.7. The van der Waals surface area contributed by atoms with Crippen LogP contribution in [0.25, 0.3) is 5.57 Å². The number of amides is 2. The SMILES string of the molecule is COc1cc(NC(=O)OC(C)(C)C)nnc1C1=CCN(C(=O)OC(C)(C)C)CC1. The first-order valence-corrected chi connectivity index (χ1v) is 9.47. The molecule has 0 atom stereocenters. The van der Waals surface area contributed by atoms with Gasteiger partial charge in [-0.1, -0.05) is 6.08 Å². The van der Waals surface area contributed by atoms with Crippen LogP contribution in [-0.4, -0.2) is 58.7 Å². The highest BCUT2D eigenvalue weighted by atomic mass is 16.6. The molecule has 2 amide bonds. The summed E-state index contributed by atoms with van der Waals surface area (Å²) in [5, 5.41) is 10.8.